The van der Waals surface area contributed by atoms with Gasteiger partial charge in [0.2, 0.25) is 5.88 Å². The van der Waals surface area contributed by atoms with Crippen LogP contribution in [0.25, 0.3) is 11.3 Å². The van der Waals surface area contributed by atoms with E-state index in [1.54, 1.807) is 67.9 Å². The summed E-state index contributed by atoms with van der Waals surface area (Å²) in [7, 11) is 1.55. The number of amides is 1. The van der Waals surface area contributed by atoms with Crippen molar-refractivity contribution in [3.05, 3.63) is 89.1 Å². The van der Waals surface area contributed by atoms with Crippen LogP contribution in [0.3, 0.4) is 0 Å². The number of hydrogen-bond donors (Lipinski definition) is 2. The average Bonchev–Trinajstić information content (AvgIpc) is 2.93. The monoisotopic (exact) mass is 531 g/mol. The summed E-state index contributed by atoms with van der Waals surface area (Å²) in [6.07, 6.45) is 2.03. The van der Waals surface area contributed by atoms with E-state index in [0.29, 0.717) is 58.8 Å². The molecule has 0 spiro atoms. The number of anilines is 1. The van der Waals surface area contributed by atoms with Gasteiger partial charge in [-0.1, -0.05) is 17.7 Å². The Kier molecular flexibility index (Phi) is 7.10. The van der Waals surface area contributed by atoms with Gasteiger partial charge >= 0.3 is 5.97 Å². The quantitative estimate of drug-likeness (QED) is 0.307. The number of fused-ring (bicyclic) bond motifs is 1. The maximum atomic E-state index is 12.8. The molecular weight excluding hydrogens is 510 g/mol. The molecule has 0 saturated heterocycles. The van der Waals surface area contributed by atoms with Crippen molar-refractivity contribution in [2.24, 2.45) is 0 Å². The van der Waals surface area contributed by atoms with Crippen LogP contribution in [0.15, 0.2) is 72.9 Å². The molecule has 9 nitrogen and oxygen atoms in total. The molecule has 0 aliphatic carbocycles. The minimum absolute atomic E-state index is 0.264. The molecule has 0 radical (unpaired) electrons. The van der Waals surface area contributed by atoms with Crippen molar-refractivity contribution in [1.82, 2.24) is 9.97 Å². The topological polar surface area (TPSA) is 120 Å². The lowest BCUT2D eigenvalue weighted by molar-refractivity contribution is -0.139. The molecule has 1 atom stereocenters. The maximum Gasteiger partial charge on any atom is 0.311 e. The number of carboxylic acid groups (broad SMARTS) is 1. The number of rotatable bonds is 7. The van der Waals surface area contributed by atoms with Crippen LogP contribution >= 0.6 is 11.6 Å². The molecule has 1 unspecified atom stereocenters. The van der Waals surface area contributed by atoms with Gasteiger partial charge < -0.3 is 24.6 Å². The Morgan fingerprint density at radius 1 is 1.11 bits per heavy atom. The lowest BCUT2D eigenvalue weighted by Crippen LogP contribution is -2.20. The van der Waals surface area contributed by atoms with Crippen LogP contribution in [0.1, 0.15) is 28.3 Å². The third-order valence-corrected chi connectivity index (χ3v) is 6.27. The molecule has 2 N–H and O–H groups in total. The smallest absolute Gasteiger partial charge is 0.311 e. The van der Waals surface area contributed by atoms with Crippen molar-refractivity contribution in [3.8, 4) is 34.4 Å². The Morgan fingerprint density at radius 3 is 2.63 bits per heavy atom. The summed E-state index contributed by atoms with van der Waals surface area (Å²) in [5.74, 6) is 0.153. The third-order valence-electron chi connectivity index (χ3n) is 5.98. The number of ether oxygens (including phenoxy) is 3. The number of benzene rings is 2. The largest absolute Gasteiger partial charge is 0.493 e. The summed E-state index contributed by atoms with van der Waals surface area (Å²) in [6, 6.07) is 18.6. The van der Waals surface area contributed by atoms with Gasteiger partial charge in [-0.25, -0.2) is 9.97 Å². The molecule has 1 aliphatic rings. The van der Waals surface area contributed by atoms with Crippen LogP contribution in [-0.4, -0.2) is 40.7 Å². The summed E-state index contributed by atoms with van der Waals surface area (Å²) < 4.78 is 16.6. The minimum atomic E-state index is -0.923. The Labute approximate surface area is 223 Å². The van der Waals surface area contributed by atoms with E-state index in [9.17, 15) is 14.7 Å². The van der Waals surface area contributed by atoms with Gasteiger partial charge in [-0.15, -0.1) is 0 Å². The zero-order chi connectivity index (χ0) is 26.6. The predicted octanol–water partition coefficient (Wildman–Crippen LogP) is 5.80. The van der Waals surface area contributed by atoms with E-state index in [4.69, 9.17) is 25.8 Å². The fourth-order valence-electron chi connectivity index (χ4n) is 4.03. The molecule has 5 rings (SSSR count). The molecule has 0 bridgehead atoms. The lowest BCUT2D eigenvalue weighted by Gasteiger charge is -2.24. The van der Waals surface area contributed by atoms with Crippen molar-refractivity contribution < 1.29 is 28.9 Å². The van der Waals surface area contributed by atoms with Gasteiger partial charge in [-0.3, -0.25) is 9.59 Å². The summed E-state index contributed by atoms with van der Waals surface area (Å²) in [5.41, 5.74) is 2.37. The van der Waals surface area contributed by atoms with E-state index in [1.165, 1.54) is 0 Å². The van der Waals surface area contributed by atoms with Crippen molar-refractivity contribution in [3.63, 3.8) is 0 Å². The van der Waals surface area contributed by atoms with E-state index < -0.39 is 11.9 Å². The predicted molar refractivity (Wildman–Crippen MR) is 140 cm³/mol. The fourth-order valence-corrected chi connectivity index (χ4v) is 4.24. The molecule has 0 saturated carbocycles. The highest BCUT2D eigenvalue weighted by Crippen LogP contribution is 2.41. The zero-order valence-corrected chi connectivity index (χ0v) is 20.9. The van der Waals surface area contributed by atoms with Crippen molar-refractivity contribution in [2.45, 2.75) is 12.3 Å². The number of nitrogens with one attached hydrogen (secondary N) is 1. The SMILES string of the molecule is COc1ccc(-c2cccc(NC(=O)c3ccc(Oc4cc5c(cc4Cl)C(C(=O)O)CCO5)cc3)n2)cn1. The average molecular weight is 532 g/mol. The summed E-state index contributed by atoms with van der Waals surface area (Å²) in [5, 5.41) is 12.5. The highest BCUT2D eigenvalue weighted by molar-refractivity contribution is 6.32. The number of carbonyl (C=O) groups excluding carboxylic acids is 1. The zero-order valence-electron chi connectivity index (χ0n) is 20.2. The molecule has 1 aliphatic heterocycles. The molecule has 2 aromatic heterocycles. The fraction of sp³-hybridized carbons (Fsp3) is 0.143. The normalized spacial score (nSPS) is 14.1. The van der Waals surface area contributed by atoms with E-state index >= 15 is 0 Å². The number of halogens is 1. The second-order valence-electron chi connectivity index (χ2n) is 8.43. The highest BCUT2D eigenvalue weighted by atomic mass is 35.5. The molecule has 0 fully saturated rings. The number of methoxy groups -OCH3 is 1. The first-order valence-corrected chi connectivity index (χ1v) is 12.0. The first-order chi connectivity index (χ1) is 18.4. The standard InChI is InChI=1S/C28H22ClN3O6/c1-36-26-10-7-17(15-30-26)22-3-2-4-25(31-22)32-27(33)16-5-8-18(9-6-16)38-24-14-23-20(13-21(24)29)19(28(34)35)11-12-37-23/h2-10,13-15,19H,11-12H2,1H3,(H,34,35)(H,31,32,33). The van der Waals surface area contributed by atoms with Crippen molar-refractivity contribution in [2.75, 3.05) is 19.0 Å². The summed E-state index contributed by atoms with van der Waals surface area (Å²) in [6.45, 7) is 0.295. The van der Waals surface area contributed by atoms with Crippen LogP contribution in [-0.2, 0) is 4.79 Å². The van der Waals surface area contributed by atoms with E-state index in [1.807, 2.05) is 12.1 Å². The number of pyridine rings is 2. The Morgan fingerprint density at radius 2 is 1.92 bits per heavy atom. The lowest BCUT2D eigenvalue weighted by atomic mass is 9.93. The van der Waals surface area contributed by atoms with Crippen LogP contribution in [0.2, 0.25) is 5.02 Å². The summed E-state index contributed by atoms with van der Waals surface area (Å²) >= 11 is 6.37. The number of carbonyl (C=O) groups is 2. The molecule has 38 heavy (non-hydrogen) atoms. The molecule has 2 aromatic carbocycles. The second-order valence-corrected chi connectivity index (χ2v) is 8.83. The van der Waals surface area contributed by atoms with Crippen LogP contribution < -0.4 is 19.5 Å². The van der Waals surface area contributed by atoms with Gasteiger partial charge in [0.1, 0.15) is 23.1 Å². The first-order valence-electron chi connectivity index (χ1n) is 11.7. The van der Waals surface area contributed by atoms with Crippen LogP contribution in [0.5, 0.6) is 23.1 Å². The van der Waals surface area contributed by atoms with Gasteiger partial charge in [0, 0.05) is 35.0 Å². The van der Waals surface area contributed by atoms with E-state index in [0.717, 1.165) is 5.56 Å². The molecular formula is C28H22ClN3O6. The van der Waals surface area contributed by atoms with E-state index in [-0.39, 0.29) is 10.9 Å². The number of aromatic nitrogens is 2. The Balaban J connectivity index is 1.27. The number of carboxylic acids is 1. The molecule has 1 amide bonds. The summed E-state index contributed by atoms with van der Waals surface area (Å²) in [4.78, 5) is 33.0. The van der Waals surface area contributed by atoms with Crippen LogP contribution in [0.4, 0.5) is 5.82 Å². The first kappa shape index (κ1) is 25.0. The molecule has 4 aromatic rings. The Bertz CT molecular complexity index is 1490. The highest BCUT2D eigenvalue weighted by Gasteiger charge is 2.29. The number of nitrogens with zero attached hydrogens (tertiary/aromatic N) is 2. The third kappa shape index (κ3) is 5.37. The van der Waals surface area contributed by atoms with Gasteiger partial charge in [0.05, 0.1) is 30.4 Å². The van der Waals surface area contributed by atoms with Gasteiger partial charge in [0.15, 0.2) is 0 Å². The van der Waals surface area contributed by atoms with E-state index in [2.05, 4.69) is 15.3 Å². The molecule has 10 heteroatoms. The second kappa shape index (κ2) is 10.8. The van der Waals surface area contributed by atoms with Crippen molar-refractivity contribution >= 4 is 29.3 Å². The number of aliphatic carboxylic acids is 1. The minimum Gasteiger partial charge on any atom is -0.493 e. The van der Waals surface area contributed by atoms with Gasteiger partial charge in [-0.05, 0) is 55.0 Å². The van der Waals surface area contributed by atoms with Gasteiger partial charge in [0.25, 0.3) is 5.91 Å². The van der Waals surface area contributed by atoms with Gasteiger partial charge in [-0.2, -0.15) is 0 Å². The van der Waals surface area contributed by atoms with Crippen molar-refractivity contribution in [1.29, 1.82) is 0 Å². The number of hydrogen-bond acceptors (Lipinski definition) is 7. The maximum absolute atomic E-state index is 12.8. The molecule has 3 heterocycles. The Hall–Kier alpha value is -4.63. The molecule has 192 valence electrons. The van der Waals surface area contributed by atoms with Crippen LogP contribution in [0, 0.1) is 0 Å².